The number of amides is 2. The van der Waals surface area contributed by atoms with E-state index in [4.69, 9.17) is 26.2 Å². The number of nitrogens with zero attached hydrogens (tertiary/aromatic N) is 2. The van der Waals surface area contributed by atoms with Crippen LogP contribution in [-0.2, 0) is 27.0 Å². The topological polar surface area (TPSA) is 211 Å². The average molecular weight is 761 g/mol. The van der Waals surface area contributed by atoms with E-state index in [-0.39, 0.29) is 43.2 Å². The summed E-state index contributed by atoms with van der Waals surface area (Å²) in [6.07, 6.45) is 1.07. The number of benzene rings is 2. The Hall–Kier alpha value is -3.38. The maximum absolute atomic E-state index is 13.7. The van der Waals surface area contributed by atoms with Gasteiger partial charge in [0.25, 0.3) is 0 Å². The van der Waals surface area contributed by atoms with Gasteiger partial charge in [-0.2, -0.15) is 4.31 Å². The molecule has 3 aromatic rings. The molecule has 1 aliphatic heterocycles. The number of ether oxygens (including phenoxy) is 2. The van der Waals surface area contributed by atoms with E-state index in [1.165, 1.54) is 10.4 Å². The largest absolute Gasteiger partial charge is 0.490 e. The van der Waals surface area contributed by atoms with E-state index >= 15 is 0 Å². The van der Waals surface area contributed by atoms with E-state index in [0.29, 0.717) is 17.0 Å². The molecule has 3 aliphatic rings. The summed E-state index contributed by atoms with van der Waals surface area (Å²) in [6.45, 7) is -0.601. The van der Waals surface area contributed by atoms with Crippen molar-refractivity contribution in [3.8, 4) is 16.9 Å². The van der Waals surface area contributed by atoms with Gasteiger partial charge in [-0.3, -0.25) is 4.98 Å². The van der Waals surface area contributed by atoms with Gasteiger partial charge in [0.1, 0.15) is 24.1 Å². The number of aliphatic hydroxyl groups excluding tert-OH is 5. The van der Waals surface area contributed by atoms with Crippen LogP contribution in [-0.4, -0.2) is 113 Å². The molecule has 282 valence electrons. The SMILES string of the molecule is O=C(NCC1CCN(S(=O)(=O)c2ccc(Cl)c(COC3(c4cnccc4-c4ccccc4OC4CC4)CC3)c2)C1)NC[C@H](O)[C@@H](O)[C@H](O)[C@H](O)CO. The number of sulfonamides is 1. The minimum Gasteiger partial charge on any atom is -0.490 e. The molecule has 14 nitrogen and oxygen atoms in total. The van der Waals surface area contributed by atoms with Crippen molar-refractivity contribution in [1.82, 2.24) is 19.9 Å². The molecule has 1 saturated heterocycles. The number of urea groups is 1. The van der Waals surface area contributed by atoms with Crippen molar-refractivity contribution < 1.29 is 48.2 Å². The highest BCUT2D eigenvalue weighted by molar-refractivity contribution is 7.89. The molecule has 16 heteroatoms. The van der Waals surface area contributed by atoms with Crippen molar-refractivity contribution >= 4 is 27.7 Å². The van der Waals surface area contributed by atoms with Crippen molar-refractivity contribution in [2.75, 3.05) is 32.8 Å². The van der Waals surface area contributed by atoms with Crippen LogP contribution < -0.4 is 15.4 Å². The van der Waals surface area contributed by atoms with Crippen molar-refractivity contribution in [1.29, 1.82) is 0 Å². The molecule has 7 N–H and O–H groups in total. The summed E-state index contributed by atoms with van der Waals surface area (Å²) >= 11 is 6.57. The van der Waals surface area contributed by atoms with Gasteiger partial charge in [0.05, 0.1) is 35.9 Å². The molecule has 0 bridgehead atoms. The number of pyridine rings is 1. The van der Waals surface area contributed by atoms with Gasteiger partial charge in [-0.15, -0.1) is 0 Å². The molecule has 2 heterocycles. The molecular weight excluding hydrogens is 716 g/mol. The first-order chi connectivity index (χ1) is 24.9. The maximum Gasteiger partial charge on any atom is 0.314 e. The minimum absolute atomic E-state index is 0.0842. The number of para-hydroxylation sites is 1. The van der Waals surface area contributed by atoms with Gasteiger partial charge < -0.3 is 45.6 Å². The van der Waals surface area contributed by atoms with Crippen LogP contribution in [0.4, 0.5) is 4.79 Å². The zero-order valence-corrected chi connectivity index (χ0v) is 30.0. The monoisotopic (exact) mass is 760 g/mol. The Morgan fingerprint density at radius 1 is 1.00 bits per heavy atom. The number of carbonyl (C=O) groups is 1. The van der Waals surface area contributed by atoms with E-state index in [0.717, 1.165) is 48.1 Å². The molecule has 6 rings (SSSR count). The van der Waals surface area contributed by atoms with Crippen LogP contribution in [0.2, 0.25) is 5.02 Å². The Morgan fingerprint density at radius 3 is 2.48 bits per heavy atom. The van der Waals surface area contributed by atoms with Crippen molar-refractivity contribution in [2.24, 2.45) is 5.92 Å². The van der Waals surface area contributed by atoms with Gasteiger partial charge in [0.2, 0.25) is 10.0 Å². The second-order valence-electron chi connectivity index (χ2n) is 13.7. The van der Waals surface area contributed by atoms with Crippen LogP contribution in [0.25, 0.3) is 11.1 Å². The summed E-state index contributed by atoms with van der Waals surface area (Å²) in [5.74, 6) is 0.638. The Balaban J connectivity index is 1.05. The lowest BCUT2D eigenvalue weighted by Crippen LogP contribution is -2.51. The number of aliphatic hydroxyl groups is 5. The average Bonchev–Trinajstić information content (AvgIpc) is 4.09. The molecule has 0 spiro atoms. The molecule has 1 unspecified atom stereocenters. The van der Waals surface area contributed by atoms with Crippen LogP contribution in [0.5, 0.6) is 5.75 Å². The van der Waals surface area contributed by atoms with Gasteiger partial charge in [-0.1, -0.05) is 29.8 Å². The maximum atomic E-state index is 13.7. The number of nitrogens with one attached hydrogen (secondary N) is 2. The first kappa shape index (κ1) is 38.3. The zero-order chi connectivity index (χ0) is 37.0. The number of halogens is 1. The van der Waals surface area contributed by atoms with Crippen LogP contribution >= 0.6 is 11.6 Å². The lowest BCUT2D eigenvalue weighted by Gasteiger charge is -2.25. The minimum atomic E-state index is -3.90. The summed E-state index contributed by atoms with van der Waals surface area (Å²) in [5, 5.41) is 53.3. The third kappa shape index (κ3) is 8.86. The molecule has 2 aliphatic carbocycles. The molecule has 5 atom stereocenters. The van der Waals surface area contributed by atoms with E-state index in [1.807, 2.05) is 36.5 Å². The highest BCUT2D eigenvalue weighted by Gasteiger charge is 2.48. The first-order valence-electron chi connectivity index (χ1n) is 17.4. The lowest BCUT2D eigenvalue weighted by atomic mass is 9.96. The summed E-state index contributed by atoms with van der Waals surface area (Å²) in [7, 11) is -3.90. The predicted octanol–water partition coefficient (Wildman–Crippen LogP) is 1.89. The summed E-state index contributed by atoms with van der Waals surface area (Å²) in [4.78, 5) is 16.8. The van der Waals surface area contributed by atoms with Gasteiger partial charge in [0, 0.05) is 54.7 Å². The van der Waals surface area contributed by atoms with Crippen LogP contribution in [0.1, 0.15) is 43.2 Å². The second kappa shape index (κ2) is 16.3. The van der Waals surface area contributed by atoms with Gasteiger partial charge in [-0.05, 0) is 79.5 Å². The van der Waals surface area contributed by atoms with Crippen molar-refractivity contribution in [3.63, 3.8) is 0 Å². The third-order valence-corrected chi connectivity index (χ3v) is 12.0. The number of hydrogen-bond acceptors (Lipinski definition) is 11. The molecule has 2 aromatic carbocycles. The molecule has 0 radical (unpaired) electrons. The van der Waals surface area contributed by atoms with Crippen molar-refractivity contribution in [3.05, 3.63) is 77.1 Å². The second-order valence-corrected chi connectivity index (χ2v) is 16.0. The fraction of sp³-hybridized carbons (Fsp3) is 0.500. The molecular formula is C36H45ClN4O10S. The van der Waals surface area contributed by atoms with Crippen LogP contribution in [0.15, 0.2) is 65.8 Å². The standard InChI is InChI=1S/C36H45ClN4O10S/c37-29-8-7-25(52(48,49)41-14-10-22(19-41)16-39-35(47)40-18-30(43)33(45)34(46)31(44)20-42)15-23(29)21-50-36(11-12-36)28-17-38-13-9-26(28)27-3-1-2-4-32(27)51-24-5-6-24/h1-4,7-9,13,15,17,22,24,30-31,33-34,42-46H,5-6,10-12,14,16,18-21H2,(H2,39,40,47)/t22?,30-,31+,33+,34+/m0/s1. The fourth-order valence-electron chi connectivity index (χ4n) is 6.30. The van der Waals surface area contributed by atoms with E-state index in [1.54, 1.807) is 18.3 Å². The number of hydrogen-bond donors (Lipinski definition) is 7. The van der Waals surface area contributed by atoms with Crippen molar-refractivity contribution in [2.45, 2.75) is 79.7 Å². The highest BCUT2D eigenvalue weighted by atomic mass is 35.5. The predicted molar refractivity (Wildman–Crippen MR) is 190 cm³/mol. The summed E-state index contributed by atoms with van der Waals surface area (Å²) in [6, 6.07) is 13.8. The summed E-state index contributed by atoms with van der Waals surface area (Å²) < 4.78 is 41.5. The molecule has 2 saturated carbocycles. The Morgan fingerprint density at radius 2 is 1.75 bits per heavy atom. The van der Waals surface area contributed by atoms with Gasteiger partial charge >= 0.3 is 6.03 Å². The summed E-state index contributed by atoms with van der Waals surface area (Å²) in [5.41, 5.74) is 2.83. The normalized spacial score (nSPS) is 20.8. The quantitative estimate of drug-likeness (QED) is 0.106. The number of aromatic nitrogens is 1. The molecule has 1 aromatic heterocycles. The smallest absolute Gasteiger partial charge is 0.314 e. The molecule has 52 heavy (non-hydrogen) atoms. The highest BCUT2D eigenvalue weighted by Crippen LogP contribution is 2.53. The first-order valence-corrected chi connectivity index (χ1v) is 19.2. The van der Waals surface area contributed by atoms with E-state index in [9.17, 15) is 33.6 Å². The van der Waals surface area contributed by atoms with E-state index in [2.05, 4.69) is 15.6 Å². The fourth-order valence-corrected chi connectivity index (χ4v) is 8.06. The third-order valence-electron chi connectivity index (χ3n) is 9.77. The zero-order valence-electron chi connectivity index (χ0n) is 28.5. The number of rotatable bonds is 17. The Kier molecular flexibility index (Phi) is 12.0. The van der Waals surface area contributed by atoms with Crippen LogP contribution in [0, 0.1) is 5.92 Å². The van der Waals surface area contributed by atoms with Gasteiger partial charge in [-0.25, -0.2) is 13.2 Å². The molecule has 2 amide bonds. The van der Waals surface area contributed by atoms with Gasteiger partial charge in [0.15, 0.2) is 0 Å². The molecule has 3 fully saturated rings. The van der Waals surface area contributed by atoms with E-state index < -0.39 is 59.2 Å². The number of carbonyl (C=O) groups excluding carboxylic acids is 1. The lowest BCUT2D eigenvalue weighted by molar-refractivity contribution is -0.113. The Bertz CT molecular complexity index is 1830. The van der Waals surface area contributed by atoms with Crippen LogP contribution in [0.3, 0.4) is 0 Å². The Labute approximate surface area is 307 Å².